The topological polar surface area (TPSA) is 40.5 Å². The summed E-state index contributed by atoms with van der Waals surface area (Å²) in [6.07, 6.45) is 7.45. The normalized spacial score (nSPS) is 21.1. The molecule has 2 aromatic rings. The Morgan fingerprint density at radius 1 is 1.24 bits per heavy atom. The van der Waals surface area contributed by atoms with Gasteiger partial charge in [-0.15, -0.1) is 0 Å². The monoisotopic (exact) mass is 392 g/mol. The zero-order chi connectivity index (χ0) is 20.1. The second-order valence-corrected chi connectivity index (χ2v) is 8.79. The van der Waals surface area contributed by atoms with E-state index >= 15 is 0 Å². The van der Waals surface area contributed by atoms with E-state index in [4.69, 9.17) is 0 Å². The van der Waals surface area contributed by atoms with Gasteiger partial charge in [0.05, 0.1) is 5.52 Å². The van der Waals surface area contributed by atoms with Crippen LogP contribution in [0.1, 0.15) is 49.9 Å². The summed E-state index contributed by atoms with van der Waals surface area (Å²) in [6, 6.07) is 7.02. The van der Waals surface area contributed by atoms with Gasteiger partial charge >= 0.3 is 6.03 Å². The second-order valence-electron chi connectivity index (χ2n) is 8.79. The highest BCUT2D eigenvalue weighted by atomic mass is 16.2. The summed E-state index contributed by atoms with van der Waals surface area (Å²) in [7, 11) is 0. The van der Waals surface area contributed by atoms with Gasteiger partial charge in [0.15, 0.2) is 0 Å². The average molecular weight is 393 g/mol. The van der Waals surface area contributed by atoms with E-state index in [1.807, 2.05) is 23.4 Å². The SMILES string of the molecule is CCN(CC)C(=O)Nn1c(C)c2c3c(cccc31)C1=CCCN(CC3CC3)[C@@H]1C2. The molecule has 2 aliphatic carbocycles. The van der Waals surface area contributed by atoms with Gasteiger partial charge < -0.3 is 4.90 Å². The van der Waals surface area contributed by atoms with Crippen molar-refractivity contribution in [3.05, 3.63) is 41.1 Å². The summed E-state index contributed by atoms with van der Waals surface area (Å²) < 4.78 is 2.03. The van der Waals surface area contributed by atoms with Crippen LogP contribution in [-0.4, -0.2) is 52.7 Å². The molecular formula is C24H32N4O. The molecule has 1 N–H and O–H groups in total. The molecule has 1 aromatic carbocycles. The van der Waals surface area contributed by atoms with Crippen LogP contribution in [0.3, 0.4) is 0 Å². The van der Waals surface area contributed by atoms with Crippen LogP contribution in [0.2, 0.25) is 0 Å². The number of aromatic nitrogens is 1. The molecule has 154 valence electrons. The molecule has 0 spiro atoms. The quantitative estimate of drug-likeness (QED) is 0.820. The molecule has 1 atom stereocenters. The molecule has 0 unspecified atom stereocenters. The van der Waals surface area contributed by atoms with Crippen molar-refractivity contribution in [2.75, 3.05) is 31.6 Å². The zero-order valence-electron chi connectivity index (χ0n) is 17.9. The Bertz CT molecular complexity index is 980. The third kappa shape index (κ3) is 3.07. The van der Waals surface area contributed by atoms with Crippen LogP contribution < -0.4 is 5.43 Å². The number of carbonyl (C=O) groups excluding carboxylic acids is 1. The molecule has 3 aliphatic rings. The van der Waals surface area contributed by atoms with Gasteiger partial charge in [-0.05, 0) is 75.1 Å². The van der Waals surface area contributed by atoms with Gasteiger partial charge in [0.2, 0.25) is 0 Å². The molecule has 2 amide bonds. The van der Waals surface area contributed by atoms with E-state index < -0.39 is 0 Å². The van der Waals surface area contributed by atoms with Gasteiger partial charge in [0, 0.05) is 43.3 Å². The molecule has 0 bridgehead atoms. The summed E-state index contributed by atoms with van der Waals surface area (Å²) in [5.41, 5.74) is 9.73. The number of rotatable bonds is 5. The summed E-state index contributed by atoms with van der Waals surface area (Å²) in [5, 5.41) is 1.33. The van der Waals surface area contributed by atoms with Crippen LogP contribution >= 0.6 is 0 Å². The van der Waals surface area contributed by atoms with E-state index in [0.29, 0.717) is 19.1 Å². The molecule has 0 saturated heterocycles. The molecule has 5 rings (SSSR count). The van der Waals surface area contributed by atoms with Crippen LogP contribution in [0.4, 0.5) is 4.79 Å². The van der Waals surface area contributed by atoms with Crippen LogP contribution in [0.5, 0.6) is 0 Å². The van der Waals surface area contributed by atoms with Crippen molar-refractivity contribution in [3.63, 3.8) is 0 Å². The second kappa shape index (κ2) is 7.21. The van der Waals surface area contributed by atoms with Crippen LogP contribution in [0, 0.1) is 12.8 Å². The summed E-state index contributed by atoms with van der Waals surface area (Å²) in [6.45, 7) is 10.0. The first-order valence-electron chi connectivity index (χ1n) is 11.3. The van der Waals surface area contributed by atoms with E-state index in [-0.39, 0.29) is 6.03 Å². The lowest BCUT2D eigenvalue weighted by Crippen LogP contribution is -2.43. The number of nitrogens with one attached hydrogen (secondary N) is 1. The number of hydrogen-bond acceptors (Lipinski definition) is 2. The predicted molar refractivity (Wildman–Crippen MR) is 119 cm³/mol. The Kier molecular flexibility index (Phi) is 4.66. The molecule has 1 saturated carbocycles. The van der Waals surface area contributed by atoms with E-state index in [2.05, 4.69) is 41.5 Å². The fraction of sp³-hybridized carbons (Fsp3) is 0.542. The molecule has 1 aromatic heterocycles. The number of urea groups is 1. The summed E-state index contributed by atoms with van der Waals surface area (Å²) in [5.74, 6) is 0.908. The average Bonchev–Trinajstić information content (AvgIpc) is 3.51. The minimum Gasteiger partial charge on any atom is -0.324 e. The maximum atomic E-state index is 12.8. The van der Waals surface area contributed by atoms with Crippen molar-refractivity contribution in [3.8, 4) is 0 Å². The minimum atomic E-state index is -0.0295. The van der Waals surface area contributed by atoms with Gasteiger partial charge in [0.25, 0.3) is 0 Å². The largest absolute Gasteiger partial charge is 0.336 e. The molecule has 1 fully saturated rings. The lowest BCUT2D eigenvalue weighted by molar-refractivity contribution is 0.214. The summed E-state index contributed by atoms with van der Waals surface area (Å²) >= 11 is 0. The highest BCUT2D eigenvalue weighted by Gasteiger charge is 2.36. The molecular weight excluding hydrogens is 360 g/mol. The Labute approximate surface area is 173 Å². The lowest BCUT2D eigenvalue weighted by Gasteiger charge is -2.39. The number of amides is 2. The Morgan fingerprint density at radius 2 is 2.03 bits per heavy atom. The number of nitrogens with zero attached hydrogens (tertiary/aromatic N) is 3. The van der Waals surface area contributed by atoms with Gasteiger partial charge in [-0.3, -0.25) is 9.58 Å². The third-order valence-corrected chi connectivity index (χ3v) is 7.09. The number of fused-ring (bicyclic) bond motifs is 2. The first kappa shape index (κ1) is 18.7. The van der Waals surface area contributed by atoms with Gasteiger partial charge in [-0.1, -0.05) is 18.2 Å². The molecule has 5 heteroatoms. The molecule has 1 aliphatic heterocycles. The highest BCUT2D eigenvalue weighted by molar-refractivity contribution is 6.00. The fourth-order valence-electron chi connectivity index (χ4n) is 5.30. The molecule has 2 heterocycles. The first-order chi connectivity index (χ1) is 14.1. The third-order valence-electron chi connectivity index (χ3n) is 7.09. The van der Waals surface area contributed by atoms with Crippen molar-refractivity contribution in [2.24, 2.45) is 5.92 Å². The molecule has 5 nitrogen and oxygen atoms in total. The predicted octanol–water partition coefficient (Wildman–Crippen LogP) is 4.38. The lowest BCUT2D eigenvalue weighted by atomic mass is 9.81. The van der Waals surface area contributed by atoms with Gasteiger partial charge in [0.1, 0.15) is 0 Å². The van der Waals surface area contributed by atoms with Crippen LogP contribution in [-0.2, 0) is 6.42 Å². The van der Waals surface area contributed by atoms with Crippen molar-refractivity contribution >= 4 is 22.5 Å². The van der Waals surface area contributed by atoms with Crippen molar-refractivity contribution in [1.29, 1.82) is 0 Å². The van der Waals surface area contributed by atoms with Gasteiger partial charge in [-0.25, -0.2) is 10.2 Å². The van der Waals surface area contributed by atoms with Gasteiger partial charge in [-0.2, -0.15) is 0 Å². The summed E-state index contributed by atoms with van der Waals surface area (Å²) in [4.78, 5) is 17.3. The smallest absolute Gasteiger partial charge is 0.324 e. The Hall–Kier alpha value is -2.27. The van der Waals surface area contributed by atoms with Crippen molar-refractivity contribution in [1.82, 2.24) is 14.5 Å². The van der Waals surface area contributed by atoms with Crippen molar-refractivity contribution in [2.45, 2.75) is 52.5 Å². The highest BCUT2D eigenvalue weighted by Crippen LogP contribution is 2.43. The molecule has 0 radical (unpaired) electrons. The first-order valence-corrected chi connectivity index (χ1v) is 11.3. The fourth-order valence-corrected chi connectivity index (χ4v) is 5.30. The van der Waals surface area contributed by atoms with E-state index in [1.54, 1.807) is 0 Å². The maximum Gasteiger partial charge on any atom is 0.336 e. The maximum absolute atomic E-state index is 12.8. The number of carbonyl (C=O) groups is 1. The zero-order valence-corrected chi connectivity index (χ0v) is 17.9. The molecule has 29 heavy (non-hydrogen) atoms. The van der Waals surface area contributed by atoms with Crippen LogP contribution in [0.25, 0.3) is 16.5 Å². The van der Waals surface area contributed by atoms with Crippen molar-refractivity contribution < 1.29 is 4.79 Å². The Morgan fingerprint density at radius 3 is 2.76 bits per heavy atom. The van der Waals surface area contributed by atoms with E-state index in [0.717, 1.165) is 24.3 Å². The number of hydrogen-bond donors (Lipinski definition) is 1. The van der Waals surface area contributed by atoms with Crippen LogP contribution in [0.15, 0.2) is 24.3 Å². The standard InChI is InChI=1S/C24H32N4O/c1-4-26(5-2)24(29)25-28-16(3)20-14-22-18(19-8-6-10-21(28)23(19)20)9-7-13-27(22)15-17-11-12-17/h6,8-10,17,22H,4-5,7,11-15H2,1-3H3,(H,25,29)/t22-/m1/s1. The number of benzene rings is 1. The van der Waals surface area contributed by atoms with E-state index in [9.17, 15) is 4.79 Å². The Balaban J connectivity index is 1.56. The van der Waals surface area contributed by atoms with E-state index in [1.165, 1.54) is 53.7 Å². The minimum absolute atomic E-state index is 0.0295.